The van der Waals surface area contributed by atoms with Crippen molar-refractivity contribution in [1.82, 2.24) is 4.90 Å². The van der Waals surface area contributed by atoms with E-state index >= 15 is 0 Å². The topological polar surface area (TPSA) is 23.5 Å². The number of aliphatic hydroxyl groups is 1. The Bertz CT molecular complexity index is 186. The molecule has 0 amide bonds. The van der Waals surface area contributed by atoms with Gasteiger partial charge in [-0.15, -0.1) is 0 Å². The first kappa shape index (κ1) is 9.81. The molecular formula is C10H19NOS. The molecule has 2 aliphatic rings. The Morgan fingerprint density at radius 3 is 3.00 bits per heavy atom. The minimum atomic E-state index is -0.164. The molecule has 2 heterocycles. The van der Waals surface area contributed by atoms with Crippen LogP contribution < -0.4 is 0 Å². The maximum absolute atomic E-state index is 9.71. The summed E-state index contributed by atoms with van der Waals surface area (Å²) in [5.74, 6) is 4.19. The van der Waals surface area contributed by atoms with Gasteiger partial charge in [-0.25, -0.2) is 0 Å². The lowest BCUT2D eigenvalue weighted by Gasteiger charge is -2.31. The second-order valence-corrected chi connectivity index (χ2v) is 5.61. The minimum absolute atomic E-state index is 0.164. The average molecular weight is 201 g/mol. The van der Waals surface area contributed by atoms with Gasteiger partial charge in [-0.2, -0.15) is 11.8 Å². The zero-order chi connectivity index (χ0) is 9.42. The molecule has 0 aliphatic carbocycles. The predicted octanol–water partition coefficient (Wildman–Crippen LogP) is 1.05. The van der Waals surface area contributed by atoms with Gasteiger partial charge in [-0.05, 0) is 43.7 Å². The Balaban J connectivity index is 2.09. The highest BCUT2D eigenvalue weighted by Crippen LogP contribution is 2.39. The maximum atomic E-state index is 9.71. The molecular weight excluding hydrogens is 182 g/mol. The van der Waals surface area contributed by atoms with Gasteiger partial charge < -0.3 is 10.0 Å². The van der Waals surface area contributed by atoms with Crippen molar-refractivity contribution >= 4 is 11.8 Å². The van der Waals surface area contributed by atoms with Gasteiger partial charge in [-0.3, -0.25) is 0 Å². The normalized spacial score (nSPS) is 43.2. The second-order valence-electron chi connectivity index (χ2n) is 4.46. The van der Waals surface area contributed by atoms with E-state index in [0.717, 1.165) is 11.8 Å². The molecule has 2 aliphatic heterocycles. The van der Waals surface area contributed by atoms with E-state index in [9.17, 15) is 5.11 Å². The average Bonchev–Trinajstić information content (AvgIpc) is 2.39. The van der Waals surface area contributed by atoms with Crippen molar-refractivity contribution < 1.29 is 5.11 Å². The summed E-state index contributed by atoms with van der Waals surface area (Å²) in [6, 6.07) is 0.422. The van der Waals surface area contributed by atoms with Crippen LogP contribution in [0.15, 0.2) is 0 Å². The summed E-state index contributed by atoms with van der Waals surface area (Å²) in [4.78, 5) is 2.35. The minimum Gasteiger partial charge on any atom is -0.392 e. The molecule has 0 saturated carbocycles. The standard InChI is InChI=1S/C10H19NOS/c1-7(12)10-9-3-4-13-6-8(9)5-11(10)2/h7-10,12H,3-6H2,1-2H3. The highest BCUT2D eigenvalue weighted by Gasteiger charge is 2.42. The third-order valence-corrected chi connectivity index (χ3v) is 4.69. The number of thioether (sulfide) groups is 1. The van der Waals surface area contributed by atoms with Crippen LogP contribution in [0, 0.1) is 11.8 Å². The van der Waals surface area contributed by atoms with E-state index in [2.05, 4.69) is 23.7 Å². The Morgan fingerprint density at radius 2 is 2.31 bits per heavy atom. The van der Waals surface area contributed by atoms with Crippen LogP contribution >= 0.6 is 11.8 Å². The van der Waals surface area contributed by atoms with E-state index in [1.807, 2.05) is 6.92 Å². The van der Waals surface area contributed by atoms with E-state index in [1.165, 1.54) is 24.5 Å². The molecule has 0 aromatic carbocycles. The van der Waals surface area contributed by atoms with Gasteiger partial charge in [0.25, 0.3) is 0 Å². The van der Waals surface area contributed by atoms with Gasteiger partial charge >= 0.3 is 0 Å². The molecule has 0 bridgehead atoms. The SMILES string of the molecule is CC(O)C1C2CCSCC2CN1C. The van der Waals surface area contributed by atoms with E-state index < -0.39 is 0 Å². The fourth-order valence-electron chi connectivity index (χ4n) is 3.00. The number of likely N-dealkylation sites (N-methyl/N-ethyl adjacent to an activating group) is 1. The summed E-state index contributed by atoms with van der Waals surface area (Å²) in [5.41, 5.74) is 0. The molecule has 2 saturated heterocycles. The van der Waals surface area contributed by atoms with Gasteiger partial charge in [0.05, 0.1) is 6.10 Å². The predicted molar refractivity (Wildman–Crippen MR) is 57.0 cm³/mol. The van der Waals surface area contributed by atoms with Crippen LogP contribution in [0.5, 0.6) is 0 Å². The first-order valence-corrected chi connectivity index (χ1v) is 6.31. The van der Waals surface area contributed by atoms with Gasteiger partial charge in [0, 0.05) is 12.6 Å². The molecule has 2 rings (SSSR count). The Hall–Kier alpha value is 0.270. The molecule has 2 fully saturated rings. The summed E-state index contributed by atoms with van der Waals surface area (Å²) >= 11 is 2.08. The molecule has 0 aromatic rings. The summed E-state index contributed by atoms with van der Waals surface area (Å²) in [7, 11) is 2.15. The number of hydrogen-bond acceptors (Lipinski definition) is 3. The van der Waals surface area contributed by atoms with Crippen molar-refractivity contribution in [3.8, 4) is 0 Å². The quantitative estimate of drug-likeness (QED) is 0.686. The third kappa shape index (κ3) is 1.74. The van der Waals surface area contributed by atoms with Crippen molar-refractivity contribution in [1.29, 1.82) is 0 Å². The van der Waals surface area contributed by atoms with Gasteiger partial charge in [0.2, 0.25) is 0 Å². The highest BCUT2D eigenvalue weighted by molar-refractivity contribution is 7.99. The maximum Gasteiger partial charge on any atom is 0.0670 e. The largest absolute Gasteiger partial charge is 0.392 e. The summed E-state index contributed by atoms with van der Waals surface area (Å²) in [5, 5.41) is 9.71. The zero-order valence-electron chi connectivity index (χ0n) is 8.44. The van der Waals surface area contributed by atoms with Crippen molar-refractivity contribution in [3.63, 3.8) is 0 Å². The molecule has 0 spiro atoms. The first-order chi connectivity index (χ1) is 6.20. The number of nitrogens with zero attached hydrogens (tertiary/aromatic N) is 1. The molecule has 13 heavy (non-hydrogen) atoms. The zero-order valence-corrected chi connectivity index (χ0v) is 9.26. The number of aliphatic hydroxyl groups excluding tert-OH is 1. The molecule has 3 heteroatoms. The van der Waals surface area contributed by atoms with E-state index in [0.29, 0.717) is 6.04 Å². The molecule has 4 unspecified atom stereocenters. The van der Waals surface area contributed by atoms with Crippen molar-refractivity contribution in [2.24, 2.45) is 11.8 Å². The summed E-state index contributed by atoms with van der Waals surface area (Å²) in [6.45, 7) is 3.12. The van der Waals surface area contributed by atoms with Crippen LogP contribution in [0.2, 0.25) is 0 Å². The lowest BCUT2D eigenvalue weighted by Crippen LogP contribution is -2.39. The Morgan fingerprint density at radius 1 is 1.54 bits per heavy atom. The molecule has 2 nitrogen and oxygen atoms in total. The monoisotopic (exact) mass is 201 g/mol. The second kappa shape index (κ2) is 3.79. The summed E-state index contributed by atoms with van der Waals surface area (Å²) in [6.07, 6.45) is 1.14. The number of fused-ring (bicyclic) bond motifs is 1. The number of likely N-dealkylation sites (tertiary alicyclic amines) is 1. The smallest absolute Gasteiger partial charge is 0.0670 e. The number of rotatable bonds is 1. The van der Waals surface area contributed by atoms with E-state index in [-0.39, 0.29) is 6.10 Å². The Kier molecular flexibility index (Phi) is 2.86. The van der Waals surface area contributed by atoms with Gasteiger partial charge in [-0.1, -0.05) is 0 Å². The molecule has 4 atom stereocenters. The van der Waals surface area contributed by atoms with Crippen LogP contribution in [-0.4, -0.2) is 47.3 Å². The molecule has 0 aromatic heterocycles. The van der Waals surface area contributed by atoms with Crippen LogP contribution in [0.4, 0.5) is 0 Å². The van der Waals surface area contributed by atoms with Crippen molar-refractivity contribution in [2.45, 2.75) is 25.5 Å². The van der Waals surface area contributed by atoms with Crippen LogP contribution in [0.1, 0.15) is 13.3 Å². The highest BCUT2D eigenvalue weighted by atomic mass is 32.2. The number of hydrogen-bond donors (Lipinski definition) is 1. The molecule has 76 valence electrons. The fraction of sp³-hybridized carbons (Fsp3) is 1.00. The fourth-order valence-corrected chi connectivity index (χ4v) is 4.26. The van der Waals surface area contributed by atoms with Gasteiger partial charge in [0.1, 0.15) is 0 Å². The van der Waals surface area contributed by atoms with E-state index in [4.69, 9.17) is 0 Å². The Labute approximate surface area is 84.7 Å². The van der Waals surface area contributed by atoms with Crippen LogP contribution in [-0.2, 0) is 0 Å². The first-order valence-electron chi connectivity index (χ1n) is 5.16. The van der Waals surface area contributed by atoms with Crippen LogP contribution in [0.25, 0.3) is 0 Å². The third-order valence-electron chi connectivity index (χ3n) is 3.50. The van der Waals surface area contributed by atoms with Gasteiger partial charge in [0.15, 0.2) is 0 Å². The molecule has 0 radical (unpaired) electrons. The lowest BCUT2D eigenvalue weighted by molar-refractivity contribution is 0.0766. The lowest BCUT2D eigenvalue weighted by atomic mass is 9.87. The van der Waals surface area contributed by atoms with Crippen LogP contribution in [0.3, 0.4) is 0 Å². The van der Waals surface area contributed by atoms with Crippen molar-refractivity contribution in [2.75, 3.05) is 25.1 Å². The van der Waals surface area contributed by atoms with Crippen molar-refractivity contribution in [3.05, 3.63) is 0 Å². The van der Waals surface area contributed by atoms with E-state index in [1.54, 1.807) is 0 Å². The summed E-state index contributed by atoms with van der Waals surface area (Å²) < 4.78 is 0. The molecule has 1 N–H and O–H groups in total.